The van der Waals surface area contributed by atoms with E-state index in [-0.39, 0.29) is 0 Å². The molecule has 0 aliphatic heterocycles. The van der Waals surface area contributed by atoms with E-state index in [1.807, 2.05) is 0 Å². The Morgan fingerprint density at radius 2 is 0.740 bits per heavy atom. The summed E-state index contributed by atoms with van der Waals surface area (Å²) < 4.78 is 0. The lowest BCUT2D eigenvalue weighted by Gasteiger charge is -2.32. The Morgan fingerprint density at radius 1 is 0.329 bits per heavy atom. The van der Waals surface area contributed by atoms with Gasteiger partial charge in [0, 0.05) is 34.1 Å². The van der Waals surface area contributed by atoms with E-state index < -0.39 is 21.6 Å². The van der Waals surface area contributed by atoms with Crippen molar-refractivity contribution in [3.63, 3.8) is 0 Å². The van der Waals surface area contributed by atoms with Crippen LogP contribution in [0.25, 0.3) is 43.8 Å². The predicted octanol–water partition coefficient (Wildman–Crippen LogP) is 18.6. The number of hydrogen-bond donors (Lipinski definition) is 0. The minimum absolute atomic E-state index is 0.461. The zero-order valence-corrected chi connectivity index (χ0v) is 46.2. The van der Waals surface area contributed by atoms with Crippen LogP contribution in [0.5, 0.6) is 0 Å². The molecule has 2 aliphatic carbocycles. The van der Waals surface area contributed by atoms with Crippen molar-refractivity contribution in [3.8, 4) is 22.3 Å². The van der Waals surface area contributed by atoms with Gasteiger partial charge in [0.2, 0.25) is 0 Å². The van der Waals surface area contributed by atoms with Gasteiger partial charge < -0.3 is 9.80 Å². The van der Waals surface area contributed by atoms with Gasteiger partial charge >= 0.3 is 0 Å². The van der Waals surface area contributed by atoms with Gasteiger partial charge in [0.1, 0.15) is 0 Å². The second-order valence-corrected chi connectivity index (χ2v) is 33.6. The molecule has 0 saturated carbocycles. The summed E-state index contributed by atoms with van der Waals surface area (Å²) >= 11 is 0. The Kier molecular flexibility index (Phi) is 11.2. The Bertz CT molecular complexity index is 3700. The zero-order chi connectivity index (χ0) is 50.6. The van der Waals surface area contributed by atoms with E-state index in [4.69, 9.17) is 0 Å². The number of fused-ring (bicyclic) bond motifs is 13. The Balaban J connectivity index is 1.06. The number of rotatable bonds is 10. The van der Waals surface area contributed by atoms with Crippen molar-refractivity contribution in [2.24, 2.45) is 0 Å². The first-order chi connectivity index (χ1) is 35.1. The van der Waals surface area contributed by atoms with Crippen molar-refractivity contribution in [1.82, 2.24) is 0 Å². The third-order valence-corrected chi connectivity index (χ3v) is 20.3. The topological polar surface area (TPSA) is 6.48 Å². The van der Waals surface area contributed by atoms with Gasteiger partial charge in [0.25, 0.3) is 0 Å². The van der Waals surface area contributed by atoms with Gasteiger partial charge in [-0.3, -0.25) is 0 Å². The maximum absolute atomic E-state index is 2.55. The fraction of sp³-hybridized carbons (Fsp3) is 0.188. The van der Waals surface area contributed by atoms with E-state index in [0.29, 0.717) is 11.8 Å². The summed E-state index contributed by atoms with van der Waals surface area (Å²) in [4.78, 5) is 4.89. The average molecular weight is 979 g/mol. The van der Waals surface area contributed by atoms with Crippen LogP contribution in [0, 0.1) is 0 Å². The van der Waals surface area contributed by atoms with Gasteiger partial charge in [-0.15, -0.1) is 0 Å². The molecule has 0 atom stereocenters. The Hall–Kier alpha value is -7.25. The molecule has 0 unspecified atom stereocenters. The highest BCUT2D eigenvalue weighted by atomic mass is 28.3. The molecule has 12 rings (SSSR count). The van der Waals surface area contributed by atoms with Crippen LogP contribution in [0.15, 0.2) is 206 Å². The van der Waals surface area contributed by atoms with Gasteiger partial charge in [-0.05, 0) is 174 Å². The number of nitrogens with zero attached hydrogens (tertiary/aromatic N) is 2. The van der Waals surface area contributed by atoms with Crippen LogP contribution in [-0.2, 0) is 5.41 Å². The molecule has 10 aromatic rings. The summed E-state index contributed by atoms with van der Waals surface area (Å²) in [5.41, 5.74) is 19.8. The normalized spacial score (nSPS) is 13.4. The summed E-state index contributed by atoms with van der Waals surface area (Å²) in [5, 5.41) is 7.93. The molecule has 0 fully saturated rings. The maximum Gasteiger partial charge on any atom is 0.0775 e. The first-order valence-corrected chi connectivity index (χ1v) is 33.5. The molecule has 2 aliphatic rings. The van der Waals surface area contributed by atoms with E-state index >= 15 is 0 Å². The summed E-state index contributed by atoms with van der Waals surface area (Å²) in [6.07, 6.45) is 0. The molecule has 0 N–H and O–H groups in total. The summed E-state index contributed by atoms with van der Waals surface area (Å²) in [7, 11) is -2.99. The molecular weight excluding hydrogens is 913 g/mol. The van der Waals surface area contributed by atoms with Crippen LogP contribution in [-0.4, -0.2) is 16.1 Å². The molecule has 0 radical (unpaired) electrons. The van der Waals surface area contributed by atoms with Crippen LogP contribution in [0.4, 0.5) is 34.1 Å². The first-order valence-electron chi connectivity index (χ1n) is 26.5. The fourth-order valence-electron chi connectivity index (χ4n) is 12.1. The zero-order valence-electron chi connectivity index (χ0n) is 44.2. The fourth-order valence-corrected chi connectivity index (χ4v) is 14.4. The summed E-state index contributed by atoms with van der Waals surface area (Å²) in [5.74, 6) is 0.922. The quantitative estimate of drug-likeness (QED) is 0.126. The van der Waals surface area contributed by atoms with Gasteiger partial charge in [-0.1, -0.05) is 199 Å². The van der Waals surface area contributed by atoms with Crippen molar-refractivity contribution in [1.29, 1.82) is 0 Å². The molecule has 360 valence electrons. The first kappa shape index (κ1) is 46.8. The van der Waals surface area contributed by atoms with E-state index in [1.54, 1.807) is 0 Å². The Morgan fingerprint density at radius 3 is 1.21 bits per heavy atom. The molecular formula is C69H66N2Si2. The largest absolute Gasteiger partial charge is 0.310 e. The van der Waals surface area contributed by atoms with E-state index in [2.05, 4.69) is 283 Å². The minimum Gasteiger partial charge on any atom is -0.310 e. The van der Waals surface area contributed by atoms with Gasteiger partial charge in [-0.2, -0.15) is 0 Å². The monoisotopic (exact) mass is 978 g/mol. The molecule has 0 amide bonds. The van der Waals surface area contributed by atoms with Gasteiger partial charge in [0.05, 0.1) is 21.6 Å². The van der Waals surface area contributed by atoms with Crippen molar-refractivity contribution in [2.45, 2.75) is 84.2 Å². The van der Waals surface area contributed by atoms with E-state index in [9.17, 15) is 0 Å². The highest BCUT2D eigenvalue weighted by Gasteiger charge is 2.52. The molecule has 0 heterocycles. The summed E-state index contributed by atoms with van der Waals surface area (Å²) in [6, 6.07) is 79.8. The third kappa shape index (κ3) is 7.72. The van der Waals surface area contributed by atoms with Crippen molar-refractivity contribution >= 4 is 82.2 Å². The molecule has 0 aromatic heterocycles. The van der Waals surface area contributed by atoms with Crippen LogP contribution >= 0.6 is 0 Å². The molecule has 1 spiro atoms. The molecule has 0 saturated heterocycles. The number of benzene rings is 10. The van der Waals surface area contributed by atoms with Crippen LogP contribution in [0.2, 0.25) is 39.3 Å². The van der Waals surface area contributed by atoms with Gasteiger partial charge in [-0.25, -0.2) is 0 Å². The second-order valence-electron chi connectivity index (χ2n) is 23.4. The van der Waals surface area contributed by atoms with Crippen molar-refractivity contribution in [3.05, 3.63) is 240 Å². The smallest absolute Gasteiger partial charge is 0.0775 e. The van der Waals surface area contributed by atoms with E-state index in [0.717, 1.165) is 22.7 Å². The molecule has 2 nitrogen and oxygen atoms in total. The highest BCUT2D eigenvalue weighted by molar-refractivity contribution is 6.89. The highest BCUT2D eigenvalue weighted by Crippen LogP contribution is 2.64. The SMILES string of the molecule is CC(C)c1ccc(N(c2ccc([Si](C)(C)C)cc2)c2ccc3cc4c(cc3c2)C2(c3ccccc3-c3ccccc32)c2c-4ccc3cc(N(c4ccc(C(C)C)cc4)c4ccc([Si](C)(C)C)cc4)ccc23)cc1. The maximum atomic E-state index is 2.55. The Labute approximate surface area is 435 Å². The number of hydrogen-bond acceptors (Lipinski definition) is 2. The lowest BCUT2D eigenvalue weighted by Crippen LogP contribution is -2.37. The van der Waals surface area contributed by atoms with Crippen molar-refractivity contribution in [2.75, 3.05) is 9.80 Å². The van der Waals surface area contributed by atoms with Crippen LogP contribution in [0.1, 0.15) is 72.9 Å². The van der Waals surface area contributed by atoms with Crippen molar-refractivity contribution < 1.29 is 0 Å². The lowest BCUT2D eigenvalue weighted by molar-refractivity contribution is 0.802. The molecule has 73 heavy (non-hydrogen) atoms. The molecule has 0 bridgehead atoms. The standard InChI is InChI=1S/C69H66N2Si2/c1-45(2)47-19-25-52(26-20-47)70(54-30-35-58(36-31-54)72(5,6)7)56-29-23-49-43-64-63-39-24-50-41-57(71(53-27-21-48(22-28-53)46(3)4)55-32-37-59(38-33-55)73(8,9)10)34-40-60(50)68(63)69(67(64)44-51(49)42-56)65-17-13-11-15-61(65)62-16-12-14-18-66(62)69/h11-46H,1-10H3. The molecule has 10 aromatic carbocycles. The lowest BCUT2D eigenvalue weighted by atomic mass is 9.69. The minimum atomic E-state index is -1.49. The predicted molar refractivity (Wildman–Crippen MR) is 321 cm³/mol. The van der Waals surface area contributed by atoms with Gasteiger partial charge in [0.15, 0.2) is 0 Å². The second kappa shape index (κ2) is 17.5. The third-order valence-electron chi connectivity index (χ3n) is 16.1. The van der Waals surface area contributed by atoms with E-state index in [1.165, 1.54) is 98.9 Å². The number of anilines is 6. The molecule has 4 heteroatoms. The van der Waals surface area contributed by atoms with Crippen LogP contribution < -0.4 is 20.2 Å². The summed E-state index contributed by atoms with van der Waals surface area (Å²) in [6.45, 7) is 23.6. The van der Waals surface area contributed by atoms with Crippen LogP contribution in [0.3, 0.4) is 0 Å². The average Bonchev–Trinajstić information content (AvgIpc) is 3.85.